The Morgan fingerprint density at radius 1 is 1.50 bits per heavy atom. The Balaban J connectivity index is 2.22. The van der Waals surface area contributed by atoms with Gasteiger partial charge in [-0.15, -0.1) is 0 Å². The fourth-order valence-electron chi connectivity index (χ4n) is 1.46. The van der Waals surface area contributed by atoms with Gasteiger partial charge in [0.05, 0.1) is 0 Å². The zero-order chi connectivity index (χ0) is 13.0. The van der Waals surface area contributed by atoms with E-state index in [4.69, 9.17) is 4.42 Å². The van der Waals surface area contributed by atoms with E-state index in [1.807, 2.05) is 6.92 Å². The minimum absolute atomic E-state index is 0.182. The summed E-state index contributed by atoms with van der Waals surface area (Å²) in [4.78, 5) is 28.9. The molecule has 2 aromatic heterocycles. The Kier molecular flexibility index (Phi) is 3.99. The van der Waals surface area contributed by atoms with Crippen LogP contribution in [0.1, 0.15) is 29.6 Å². The third-order valence-corrected chi connectivity index (χ3v) is 3.00. The van der Waals surface area contributed by atoms with Crippen molar-refractivity contribution in [3.8, 4) is 0 Å². The summed E-state index contributed by atoms with van der Waals surface area (Å²) < 4.78 is 5.21. The molecular weight excluding hydrogens is 252 g/mol. The summed E-state index contributed by atoms with van der Waals surface area (Å²) in [6.45, 7) is 2.03. The van der Waals surface area contributed by atoms with E-state index in [1.54, 1.807) is 12.1 Å². The van der Waals surface area contributed by atoms with Gasteiger partial charge in [-0.25, -0.2) is 4.98 Å². The van der Waals surface area contributed by atoms with Crippen molar-refractivity contribution in [2.24, 2.45) is 0 Å². The molecule has 0 saturated heterocycles. The van der Waals surface area contributed by atoms with Gasteiger partial charge < -0.3 is 9.40 Å². The lowest BCUT2D eigenvalue weighted by Crippen LogP contribution is -2.09. The van der Waals surface area contributed by atoms with Crippen molar-refractivity contribution >= 4 is 18.0 Å². The van der Waals surface area contributed by atoms with Gasteiger partial charge in [0.15, 0.2) is 22.3 Å². The fraction of sp³-hybridized carbons (Fsp3) is 0.250. The lowest BCUT2D eigenvalue weighted by molar-refractivity contribution is 0.109. The van der Waals surface area contributed by atoms with Gasteiger partial charge in [0.1, 0.15) is 0 Å². The predicted molar refractivity (Wildman–Crippen MR) is 67.1 cm³/mol. The number of furan rings is 1. The smallest absolute Gasteiger partial charge is 0.251 e. The van der Waals surface area contributed by atoms with Crippen LogP contribution in [0, 0.1) is 0 Å². The second kappa shape index (κ2) is 5.68. The molecule has 6 heteroatoms. The zero-order valence-corrected chi connectivity index (χ0v) is 10.6. The van der Waals surface area contributed by atoms with Crippen LogP contribution >= 0.6 is 11.8 Å². The molecule has 0 aromatic carbocycles. The molecule has 94 valence electrons. The standard InChI is InChI=1S/C12H12N2O3S/c1-2-3-8-6-10(16)14-12(13-8)18-11-5-4-9(7-15)17-11/h4-7H,2-3H2,1H3,(H,13,14,16). The average molecular weight is 264 g/mol. The number of hydrogen-bond acceptors (Lipinski definition) is 5. The molecule has 0 bridgehead atoms. The molecule has 0 spiro atoms. The molecule has 0 fully saturated rings. The number of aryl methyl sites for hydroxylation is 1. The summed E-state index contributed by atoms with van der Waals surface area (Å²) in [6, 6.07) is 4.73. The van der Waals surface area contributed by atoms with Crippen LogP contribution in [0.2, 0.25) is 0 Å². The van der Waals surface area contributed by atoms with E-state index in [2.05, 4.69) is 9.97 Å². The molecule has 0 unspecified atom stereocenters. The Morgan fingerprint density at radius 3 is 3.00 bits per heavy atom. The Morgan fingerprint density at radius 2 is 2.33 bits per heavy atom. The van der Waals surface area contributed by atoms with E-state index in [1.165, 1.54) is 17.8 Å². The Labute approximate surface area is 108 Å². The predicted octanol–water partition coefficient (Wildman–Crippen LogP) is 2.28. The maximum absolute atomic E-state index is 11.4. The van der Waals surface area contributed by atoms with Crippen molar-refractivity contribution in [2.45, 2.75) is 30.0 Å². The van der Waals surface area contributed by atoms with E-state index in [-0.39, 0.29) is 11.3 Å². The SMILES string of the molecule is CCCc1cc(=O)[nH]c(Sc2ccc(C=O)o2)n1. The van der Waals surface area contributed by atoms with Crippen molar-refractivity contribution < 1.29 is 9.21 Å². The van der Waals surface area contributed by atoms with Crippen molar-refractivity contribution in [3.05, 3.63) is 40.0 Å². The molecule has 0 aliphatic carbocycles. The first-order valence-corrected chi connectivity index (χ1v) is 6.36. The van der Waals surface area contributed by atoms with E-state index in [0.29, 0.717) is 16.5 Å². The van der Waals surface area contributed by atoms with Crippen LogP contribution in [0.5, 0.6) is 0 Å². The molecule has 0 saturated carbocycles. The summed E-state index contributed by atoms with van der Waals surface area (Å²) in [5.74, 6) is 0.254. The lowest BCUT2D eigenvalue weighted by Gasteiger charge is -2.00. The minimum atomic E-state index is -0.182. The highest BCUT2D eigenvalue weighted by Gasteiger charge is 2.07. The van der Waals surface area contributed by atoms with Crippen molar-refractivity contribution in [1.29, 1.82) is 0 Å². The van der Waals surface area contributed by atoms with Crippen LogP contribution in [0.4, 0.5) is 0 Å². The third kappa shape index (κ3) is 3.10. The molecule has 0 atom stereocenters. The van der Waals surface area contributed by atoms with Crippen LogP contribution in [0.3, 0.4) is 0 Å². The van der Waals surface area contributed by atoms with Crippen LogP contribution in [-0.2, 0) is 6.42 Å². The van der Waals surface area contributed by atoms with Crippen LogP contribution in [0.25, 0.3) is 0 Å². The molecule has 2 aromatic rings. The van der Waals surface area contributed by atoms with Crippen molar-refractivity contribution in [1.82, 2.24) is 9.97 Å². The van der Waals surface area contributed by atoms with Gasteiger partial charge in [-0.3, -0.25) is 9.59 Å². The maximum Gasteiger partial charge on any atom is 0.251 e. The van der Waals surface area contributed by atoms with Gasteiger partial charge in [-0.1, -0.05) is 13.3 Å². The summed E-state index contributed by atoms with van der Waals surface area (Å²) in [5.41, 5.74) is 0.573. The number of hydrogen-bond donors (Lipinski definition) is 1. The van der Waals surface area contributed by atoms with E-state index in [9.17, 15) is 9.59 Å². The molecule has 0 aliphatic rings. The van der Waals surface area contributed by atoms with Crippen LogP contribution in [0.15, 0.2) is 37.7 Å². The van der Waals surface area contributed by atoms with Gasteiger partial charge >= 0.3 is 0 Å². The maximum atomic E-state index is 11.4. The molecule has 2 rings (SSSR count). The highest BCUT2D eigenvalue weighted by Crippen LogP contribution is 2.25. The number of carbonyl (C=O) groups is 1. The topological polar surface area (TPSA) is 76.0 Å². The van der Waals surface area contributed by atoms with Crippen molar-refractivity contribution in [2.75, 3.05) is 0 Å². The number of rotatable bonds is 5. The largest absolute Gasteiger partial charge is 0.447 e. The number of aromatic nitrogens is 2. The summed E-state index contributed by atoms with van der Waals surface area (Å²) in [5, 5.41) is 0.992. The molecular formula is C12H12N2O3S. The average Bonchev–Trinajstić information content (AvgIpc) is 2.76. The number of H-pyrrole nitrogens is 1. The molecule has 18 heavy (non-hydrogen) atoms. The number of aromatic amines is 1. The summed E-state index contributed by atoms with van der Waals surface area (Å²) >= 11 is 1.19. The van der Waals surface area contributed by atoms with Crippen LogP contribution < -0.4 is 5.56 Å². The van der Waals surface area contributed by atoms with E-state index < -0.39 is 0 Å². The number of carbonyl (C=O) groups excluding carboxylic acids is 1. The quantitative estimate of drug-likeness (QED) is 0.662. The number of nitrogens with one attached hydrogen (secondary N) is 1. The third-order valence-electron chi connectivity index (χ3n) is 2.19. The molecule has 1 N–H and O–H groups in total. The first kappa shape index (κ1) is 12.6. The molecule has 5 nitrogen and oxygen atoms in total. The lowest BCUT2D eigenvalue weighted by atomic mass is 10.2. The number of aldehydes is 1. The molecule has 0 radical (unpaired) electrons. The second-order valence-electron chi connectivity index (χ2n) is 3.67. The Hall–Kier alpha value is -1.82. The van der Waals surface area contributed by atoms with E-state index >= 15 is 0 Å². The van der Waals surface area contributed by atoms with Gasteiger partial charge in [-0.05, 0) is 30.3 Å². The highest BCUT2D eigenvalue weighted by molar-refractivity contribution is 7.99. The fourth-order valence-corrected chi connectivity index (χ4v) is 2.24. The second-order valence-corrected chi connectivity index (χ2v) is 4.66. The van der Waals surface area contributed by atoms with Crippen molar-refractivity contribution in [3.63, 3.8) is 0 Å². The Bertz CT molecular complexity index is 603. The summed E-state index contributed by atoms with van der Waals surface area (Å²) in [6.07, 6.45) is 2.32. The molecule has 0 amide bonds. The van der Waals surface area contributed by atoms with Gasteiger partial charge in [0.25, 0.3) is 5.56 Å². The monoisotopic (exact) mass is 264 g/mol. The number of nitrogens with zero attached hydrogens (tertiary/aromatic N) is 1. The van der Waals surface area contributed by atoms with E-state index in [0.717, 1.165) is 18.5 Å². The molecule has 0 aliphatic heterocycles. The summed E-state index contributed by atoms with van der Waals surface area (Å²) in [7, 11) is 0. The highest BCUT2D eigenvalue weighted by atomic mass is 32.2. The zero-order valence-electron chi connectivity index (χ0n) is 9.80. The van der Waals surface area contributed by atoms with Crippen LogP contribution in [-0.4, -0.2) is 16.3 Å². The van der Waals surface area contributed by atoms with Gasteiger partial charge in [0, 0.05) is 11.8 Å². The normalized spacial score (nSPS) is 10.5. The first-order chi connectivity index (χ1) is 8.71. The van der Waals surface area contributed by atoms with Gasteiger partial charge in [-0.2, -0.15) is 0 Å². The van der Waals surface area contributed by atoms with Gasteiger partial charge in [0.2, 0.25) is 0 Å². The molecule has 2 heterocycles. The first-order valence-electron chi connectivity index (χ1n) is 5.54. The minimum Gasteiger partial charge on any atom is -0.447 e.